The van der Waals surface area contributed by atoms with E-state index in [1.165, 1.54) is 26.0 Å². The molecular formula is C24H31N4O9P. The van der Waals surface area contributed by atoms with Crippen molar-refractivity contribution < 1.29 is 33.0 Å². The number of carbonyl (C=O) groups is 1. The van der Waals surface area contributed by atoms with E-state index >= 15 is 0 Å². The summed E-state index contributed by atoms with van der Waals surface area (Å²) in [7, 11) is -4.27. The number of rotatable bonds is 10. The van der Waals surface area contributed by atoms with Crippen LogP contribution in [0.5, 0.6) is 5.75 Å². The smallest absolute Gasteiger partial charge is 0.459 e. The molecule has 2 aromatic rings. The van der Waals surface area contributed by atoms with Gasteiger partial charge in [0, 0.05) is 12.3 Å². The van der Waals surface area contributed by atoms with Gasteiger partial charge >= 0.3 is 19.4 Å². The standard InChI is InChI=1S/C24H31N4O9P/c1-5-12-24(25)20(30)18(36-22(24)28-13-11-19(29)26-23(28)32)14-34-38(33,37-17-9-7-6-8-10-17)27-16(4)21(31)35-15(2)3/h6-11,13,15-16,18,20,22,30H,14,25H2,1-4H3,(H,27,33)(H,26,29,32)/t16-,18+,20?,22+,24+,38-/m0/s1. The van der Waals surface area contributed by atoms with Gasteiger partial charge in [0.15, 0.2) is 11.8 Å². The number of hydrogen-bond acceptors (Lipinski definition) is 10. The minimum Gasteiger partial charge on any atom is -0.462 e. The van der Waals surface area contributed by atoms with Gasteiger partial charge in [-0.1, -0.05) is 24.1 Å². The third-order valence-corrected chi connectivity index (χ3v) is 7.08. The van der Waals surface area contributed by atoms with Gasteiger partial charge in [0.25, 0.3) is 5.56 Å². The molecule has 38 heavy (non-hydrogen) atoms. The maximum Gasteiger partial charge on any atom is 0.459 e. The normalized spacial score (nSPS) is 25.2. The molecule has 0 bridgehead atoms. The fourth-order valence-corrected chi connectivity index (χ4v) is 5.20. The second kappa shape index (κ2) is 12.1. The Balaban J connectivity index is 1.86. The zero-order chi connectivity index (χ0) is 28.1. The average Bonchev–Trinajstić information content (AvgIpc) is 3.08. The van der Waals surface area contributed by atoms with Gasteiger partial charge in [-0.3, -0.25) is 23.7 Å². The molecule has 3 rings (SSSR count). The van der Waals surface area contributed by atoms with E-state index in [2.05, 4.69) is 21.9 Å². The number of aromatic amines is 1. The fourth-order valence-electron chi connectivity index (χ4n) is 3.70. The first kappa shape index (κ1) is 29.3. The first-order chi connectivity index (χ1) is 17.9. The van der Waals surface area contributed by atoms with Crippen molar-refractivity contribution in [3.05, 3.63) is 63.4 Å². The van der Waals surface area contributed by atoms with Crippen LogP contribution >= 0.6 is 7.75 Å². The van der Waals surface area contributed by atoms with Crippen molar-refractivity contribution in [3.63, 3.8) is 0 Å². The van der Waals surface area contributed by atoms with Gasteiger partial charge in [0.1, 0.15) is 24.0 Å². The molecule has 206 valence electrons. The maximum absolute atomic E-state index is 13.7. The van der Waals surface area contributed by atoms with E-state index in [0.717, 1.165) is 16.8 Å². The number of carbonyl (C=O) groups excluding carboxylic acids is 1. The van der Waals surface area contributed by atoms with Gasteiger partial charge in [0.05, 0.1) is 12.7 Å². The van der Waals surface area contributed by atoms with Gasteiger partial charge in [-0.2, -0.15) is 5.09 Å². The number of aliphatic hydroxyl groups excluding tert-OH is 1. The summed E-state index contributed by atoms with van der Waals surface area (Å²) < 4.78 is 36.9. The molecule has 1 aliphatic heterocycles. The molecule has 6 atom stereocenters. The van der Waals surface area contributed by atoms with Crippen LogP contribution in [0, 0.1) is 11.8 Å². The van der Waals surface area contributed by atoms with Crippen molar-refractivity contribution >= 4 is 13.7 Å². The monoisotopic (exact) mass is 550 g/mol. The van der Waals surface area contributed by atoms with Gasteiger partial charge in [-0.15, -0.1) is 5.92 Å². The number of aliphatic hydroxyl groups is 1. The van der Waals surface area contributed by atoms with E-state index in [1.54, 1.807) is 32.0 Å². The molecular weight excluding hydrogens is 519 g/mol. The average molecular weight is 551 g/mol. The SMILES string of the molecule is CC#C[C@@]1(N)C(O)[C@@H](CO[P@@](=O)(N[C@@H](C)C(=O)OC(C)C)Oc2ccccc2)O[C@H]1n1ccc(=O)[nH]c1=O. The van der Waals surface area contributed by atoms with Crippen molar-refractivity contribution in [2.45, 2.75) is 63.8 Å². The van der Waals surface area contributed by atoms with Crippen molar-refractivity contribution in [1.82, 2.24) is 14.6 Å². The highest BCUT2D eigenvalue weighted by Crippen LogP contribution is 2.46. The zero-order valence-corrected chi connectivity index (χ0v) is 22.2. The Morgan fingerprint density at radius 3 is 2.58 bits per heavy atom. The Morgan fingerprint density at radius 2 is 1.97 bits per heavy atom. The van der Waals surface area contributed by atoms with E-state index in [4.69, 9.17) is 24.3 Å². The Kier molecular flexibility index (Phi) is 9.32. The molecule has 0 amide bonds. The van der Waals surface area contributed by atoms with Crippen LogP contribution < -0.4 is 26.6 Å². The lowest BCUT2D eigenvalue weighted by Gasteiger charge is -2.28. The van der Waals surface area contributed by atoms with Gasteiger partial charge < -0.3 is 24.8 Å². The number of ether oxygens (including phenoxy) is 2. The molecule has 13 nitrogen and oxygen atoms in total. The topological polar surface area (TPSA) is 184 Å². The molecule has 1 saturated heterocycles. The molecule has 0 saturated carbocycles. The zero-order valence-electron chi connectivity index (χ0n) is 21.3. The second-order valence-electron chi connectivity index (χ2n) is 8.83. The number of benzene rings is 1. The lowest BCUT2D eigenvalue weighted by molar-refractivity contribution is -0.149. The Bertz CT molecular complexity index is 1350. The van der Waals surface area contributed by atoms with Crippen molar-refractivity contribution in [1.29, 1.82) is 0 Å². The number of para-hydroxylation sites is 1. The van der Waals surface area contributed by atoms with Crippen LogP contribution in [0.15, 0.2) is 52.2 Å². The quantitative estimate of drug-likeness (QED) is 0.185. The van der Waals surface area contributed by atoms with Crippen LogP contribution in [0.1, 0.15) is 33.9 Å². The van der Waals surface area contributed by atoms with Crippen LogP contribution in [0.2, 0.25) is 0 Å². The lowest BCUT2D eigenvalue weighted by atomic mass is 9.91. The summed E-state index contributed by atoms with van der Waals surface area (Å²) in [5.41, 5.74) is 3.12. The number of aromatic nitrogens is 2. The predicted molar refractivity (Wildman–Crippen MR) is 136 cm³/mol. The van der Waals surface area contributed by atoms with E-state index in [-0.39, 0.29) is 5.75 Å². The van der Waals surface area contributed by atoms with Crippen molar-refractivity contribution in [2.24, 2.45) is 5.73 Å². The molecule has 1 unspecified atom stereocenters. The molecule has 0 spiro atoms. The Labute approximate surface area is 218 Å². The maximum atomic E-state index is 13.7. The second-order valence-corrected chi connectivity index (χ2v) is 10.5. The van der Waals surface area contributed by atoms with E-state index < -0.39 is 67.7 Å². The first-order valence-corrected chi connectivity index (χ1v) is 13.3. The summed E-state index contributed by atoms with van der Waals surface area (Å²) in [6.07, 6.45) is -3.34. The summed E-state index contributed by atoms with van der Waals surface area (Å²) in [6.45, 7) is 5.71. The van der Waals surface area contributed by atoms with Gasteiger partial charge in [-0.05, 0) is 39.8 Å². The van der Waals surface area contributed by atoms with Crippen LogP contribution in [0.4, 0.5) is 0 Å². The summed E-state index contributed by atoms with van der Waals surface area (Å²) >= 11 is 0. The van der Waals surface area contributed by atoms with Gasteiger partial charge in [0.2, 0.25) is 0 Å². The first-order valence-electron chi connectivity index (χ1n) is 11.7. The minimum atomic E-state index is -4.27. The van der Waals surface area contributed by atoms with Crippen molar-refractivity contribution in [2.75, 3.05) is 6.61 Å². The summed E-state index contributed by atoms with van der Waals surface area (Å²) in [4.78, 5) is 38.3. The van der Waals surface area contributed by atoms with Crippen molar-refractivity contribution in [3.8, 4) is 17.6 Å². The molecule has 5 N–H and O–H groups in total. The van der Waals surface area contributed by atoms with Crippen LogP contribution in [-0.4, -0.2) is 57.1 Å². The van der Waals surface area contributed by atoms with Crippen LogP contribution in [0.25, 0.3) is 0 Å². The fraction of sp³-hybridized carbons (Fsp3) is 0.458. The minimum absolute atomic E-state index is 0.184. The third-order valence-electron chi connectivity index (χ3n) is 5.43. The number of esters is 1. The number of H-pyrrole nitrogens is 1. The van der Waals surface area contributed by atoms with E-state index in [0.29, 0.717) is 0 Å². The lowest BCUT2D eigenvalue weighted by Crippen LogP contribution is -2.55. The molecule has 1 aromatic heterocycles. The molecule has 1 aliphatic rings. The number of hydrogen-bond donors (Lipinski definition) is 4. The third kappa shape index (κ3) is 6.79. The number of nitrogens with two attached hydrogens (primary N) is 1. The summed E-state index contributed by atoms with van der Waals surface area (Å²) in [5.74, 6) is 4.76. The number of nitrogens with zero attached hydrogens (tertiary/aromatic N) is 1. The highest BCUT2D eigenvalue weighted by Gasteiger charge is 2.55. The Hall–Kier alpha value is -3.24. The van der Waals surface area contributed by atoms with Crippen LogP contribution in [0.3, 0.4) is 0 Å². The molecule has 0 radical (unpaired) electrons. The van der Waals surface area contributed by atoms with E-state index in [1.807, 2.05) is 0 Å². The molecule has 2 heterocycles. The molecule has 1 aromatic carbocycles. The highest BCUT2D eigenvalue weighted by molar-refractivity contribution is 7.52. The molecule has 1 fully saturated rings. The highest BCUT2D eigenvalue weighted by atomic mass is 31.2. The van der Waals surface area contributed by atoms with E-state index in [9.17, 15) is 24.1 Å². The van der Waals surface area contributed by atoms with Gasteiger partial charge in [-0.25, -0.2) is 9.36 Å². The predicted octanol–water partition coefficient (Wildman–Crippen LogP) is 0.649. The molecule has 0 aliphatic carbocycles. The molecule has 14 heteroatoms. The largest absolute Gasteiger partial charge is 0.462 e. The Morgan fingerprint density at radius 1 is 1.29 bits per heavy atom. The summed E-state index contributed by atoms with van der Waals surface area (Å²) in [6, 6.07) is 8.10. The van der Waals surface area contributed by atoms with Crippen LogP contribution in [-0.2, 0) is 23.4 Å². The summed E-state index contributed by atoms with van der Waals surface area (Å²) in [5, 5.41) is 13.6. The number of nitrogens with one attached hydrogen (secondary N) is 2.